The highest BCUT2D eigenvalue weighted by Gasteiger charge is 2.52. The summed E-state index contributed by atoms with van der Waals surface area (Å²) < 4.78 is 20.8. The van der Waals surface area contributed by atoms with Crippen molar-refractivity contribution in [3.8, 4) is 11.1 Å². The molecular formula is C24H26ClFN2O3. The summed E-state index contributed by atoms with van der Waals surface area (Å²) in [5, 5.41) is 3.13. The Hall–Kier alpha value is -2.60. The number of ether oxygens (including phenoxy) is 1. The topological polar surface area (TPSA) is 58.6 Å². The Bertz CT molecular complexity index is 1020. The molecule has 164 valence electrons. The van der Waals surface area contributed by atoms with Crippen molar-refractivity contribution in [1.29, 1.82) is 0 Å². The van der Waals surface area contributed by atoms with E-state index in [2.05, 4.69) is 5.32 Å². The molecule has 1 heterocycles. The van der Waals surface area contributed by atoms with Gasteiger partial charge in [-0.1, -0.05) is 41.9 Å². The minimum atomic E-state index is -0.669. The van der Waals surface area contributed by atoms with Crippen LogP contribution < -0.4 is 5.32 Å². The molecule has 0 bridgehead atoms. The third kappa shape index (κ3) is 4.26. The fraction of sp³-hybridized carbons (Fsp3) is 0.417. The molecular weight excluding hydrogens is 419 g/mol. The smallest absolute Gasteiger partial charge is 0.410 e. The molecule has 1 N–H and O–H groups in total. The average molecular weight is 445 g/mol. The van der Waals surface area contributed by atoms with E-state index in [1.54, 1.807) is 57.2 Å². The molecule has 0 unspecified atom stereocenters. The Morgan fingerprint density at radius 2 is 1.81 bits per heavy atom. The van der Waals surface area contributed by atoms with Crippen LogP contribution in [0.25, 0.3) is 11.1 Å². The third-order valence-electron chi connectivity index (χ3n) is 5.97. The Kier molecular flexibility index (Phi) is 5.69. The molecule has 2 aliphatic rings. The number of hydrogen-bond donors (Lipinski definition) is 1. The summed E-state index contributed by atoms with van der Waals surface area (Å²) in [5.74, 6) is -0.603. The van der Waals surface area contributed by atoms with Gasteiger partial charge in [0.15, 0.2) is 5.82 Å². The van der Waals surface area contributed by atoms with E-state index in [1.807, 2.05) is 0 Å². The number of amides is 2. The number of anilines is 1. The zero-order valence-electron chi connectivity index (χ0n) is 17.8. The van der Waals surface area contributed by atoms with Gasteiger partial charge in [-0.3, -0.25) is 9.69 Å². The molecule has 1 aliphatic carbocycles. The van der Waals surface area contributed by atoms with Crippen molar-refractivity contribution >= 4 is 29.3 Å². The maximum atomic E-state index is 15.3. The molecule has 3 atom stereocenters. The second-order valence-electron chi connectivity index (χ2n) is 9.22. The number of nitrogens with zero attached hydrogens (tertiary/aromatic N) is 1. The molecule has 2 aromatic rings. The number of rotatable bonds is 3. The second-order valence-corrected chi connectivity index (χ2v) is 9.62. The van der Waals surface area contributed by atoms with E-state index >= 15 is 4.39 Å². The van der Waals surface area contributed by atoms with Gasteiger partial charge in [-0.25, -0.2) is 9.18 Å². The van der Waals surface area contributed by atoms with Crippen LogP contribution in [0.1, 0.15) is 33.6 Å². The number of benzene rings is 2. The molecule has 1 saturated heterocycles. The summed E-state index contributed by atoms with van der Waals surface area (Å²) in [6.07, 6.45) is 1.33. The van der Waals surface area contributed by atoms with Crippen molar-refractivity contribution in [3.05, 3.63) is 53.3 Å². The first-order valence-electron chi connectivity index (χ1n) is 10.5. The lowest BCUT2D eigenvalue weighted by molar-refractivity contribution is -0.122. The number of carbonyl (C=O) groups is 2. The van der Waals surface area contributed by atoms with Crippen LogP contribution in [0.2, 0.25) is 5.02 Å². The molecule has 0 radical (unpaired) electrons. The van der Waals surface area contributed by atoms with Gasteiger partial charge in [0.25, 0.3) is 0 Å². The van der Waals surface area contributed by atoms with Crippen LogP contribution in [-0.2, 0) is 9.53 Å². The van der Waals surface area contributed by atoms with Crippen molar-refractivity contribution < 1.29 is 18.7 Å². The van der Waals surface area contributed by atoms with Gasteiger partial charge in [0.2, 0.25) is 5.91 Å². The second kappa shape index (κ2) is 8.15. The lowest BCUT2D eigenvalue weighted by atomic mass is 9.73. The van der Waals surface area contributed by atoms with Gasteiger partial charge in [-0.05, 0) is 57.6 Å². The fourth-order valence-corrected chi connectivity index (χ4v) is 4.64. The molecule has 4 rings (SSSR count). The molecule has 2 fully saturated rings. The number of fused-ring (bicyclic) bond motifs is 1. The summed E-state index contributed by atoms with van der Waals surface area (Å²) in [6.45, 7) is 5.86. The van der Waals surface area contributed by atoms with Crippen molar-refractivity contribution in [1.82, 2.24) is 4.90 Å². The fourth-order valence-electron chi connectivity index (χ4n) is 4.40. The van der Waals surface area contributed by atoms with Gasteiger partial charge in [0.1, 0.15) is 11.6 Å². The van der Waals surface area contributed by atoms with Crippen LogP contribution in [0.15, 0.2) is 42.5 Å². The van der Waals surface area contributed by atoms with E-state index in [4.69, 9.17) is 16.3 Å². The van der Waals surface area contributed by atoms with Crippen LogP contribution in [0.3, 0.4) is 0 Å². The first-order chi connectivity index (χ1) is 14.7. The maximum Gasteiger partial charge on any atom is 0.410 e. The molecule has 2 aromatic carbocycles. The van der Waals surface area contributed by atoms with Gasteiger partial charge < -0.3 is 10.1 Å². The summed E-state index contributed by atoms with van der Waals surface area (Å²) in [6, 6.07) is 11.1. The molecule has 7 heteroatoms. The molecule has 31 heavy (non-hydrogen) atoms. The van der Waals surface area contributed by atoms with E-state index in [1.165, 1.54) is 11.0 Å². The van der Waals surface area contributed by atoms with E-state index < -0.39 is 29.5 Å². The monoisotopic (exact) mass is 444 g/mol. The Labute approximate surface area is 186 Å². The number of nitrogens with one attached hydrogen (secondary N) is 1. The van der Waals surface area contributed by atoms with Crippen molar-refractivity contribution in [2.75, 3.05) is 11.9 Å². The van der Waals surface area contributed by atoms with E-state index in [-0.39, 0.29) is 17.5 Å². The highest BCUT2D eigenvalue weighted by molar-refractivity contribution is 6.33. The predicted molar refractivity (Wildman–Crippen MR) is 118 cm³/mol. The first-order valence-corrected chi connectivity index (χ1v) is 10.9. The molecule has 2 amide bonds. The minimum Gasteiger partial charge on any atom is -0.444 e. The number of hydrogen-bond acceptors (Lipinski definition) is 3. The van der Waals surface area contributed by atoms with Crippen LogP contribution in [-0.4, -0.2) is 35.1 Å². The average Bonchev–Trinajstić information content (AvgIpc) is 2.93. The van der Waals surface area contributed by atoms with E-state index in [0.29, 0.717) is 22.7 Å². The largest absolute Gasteiger partial charge is 0.444 e. The summed E-state index contributed by atoms with van der Waals surface area (Å²) in [4.78, 5) is 27.4. The van der Waals surface area contributed by atoms with E-state index in [0.717, 1.165) is 12.8 Å². The number of halogens is 2. The van der Waals surface area contributed by atoms with Crippen molar-refractivity contribution in [2.24, 2.45) is 11.8 Å². The van der Waals surface area contributed by atoms with Crippen molar-refractivity contribution in [3.63, 3.8) is 0 Å². The zero-order valence-corrected chi connectivity index (χ0v) is 18.6. The maximum absolute atomic E-state index is 15.3. The Balaban J connectivity index is 1.58. The highest BCUT2D eigenvalue weighted by Crippen LogP contribution is 2.45. The molecule has 0 spiro atoms. The van der Waals surface area contributed by atoms with Gasteiger partial charge in [0.05, 0.1) is 5.69 Å². The molecule has 0 aromatic heterocycles. The highest BCUT2D eigenvalue weighted by atomic mass is 35.5. The van der Waals surface area contributed by atoms with Gasteiger partial charge in [-0.2, -0.15) is 0 Å². The molecule has 1 aliphatic heterocycles. The molecule has 5 nitrogen and oxygen atoms in total. The SMILES string of the molecule is CC(C)(C)OC(=O)N1C[C@@H]2CC[C@@H]2[C@H]1C(=O)Nc1cccc(-c2ccccc2Cl)c1F. The quantitative estimate of drug-likeness (QED) is 0.657. The lowest BCUT2D eigenvalue weighted by Crippen LogP contribution is -2.48. The predicted octanol–water partition coefficient (Wildman–Crippen LogP) is 5.73. The summed E-state index contributed by atoms with van der Waals surface area (Å²) in [5.41, 5.74) is 0.262. The van der Waals surface area contributed by atoms with Gasteiger partial charge in [-0.15, -0.1) is 0 Å². The van der Waals surface area contributed by atoms with Gasteiger partial charge in [0, 0.05) is 22.7 Å². The third-order valence-corrected chi connectivity index (χ3v) is 6.30. The van der Waals surface area contributed by atoms with Crippen LogP contribution >= 0.6 is 11.6 Å². The standard InChI is InChI=1S/C24H26ClFN2O3/c1-24(2,3)31-23(30)28-13-14-11-12-15(14)21(28)22(29)27-19-10-6-8-17(20(19)26)16-7-4-5-9-18(16)25/h4-10,14-15,21H,11-13H2,1-3H3,(H,27,29)/t14-,15-,21-/m0/s1. The van der Waals surface area contributed by atoms with Crippen LogP contribution in [0.4, 0.5) is 14.9 Å². The summed E-state index contributed by atoms with van der Waals surface area (Å²) in [7, 11) is 0. The lowest BCUT2D eigenvalue weighted by Gasteiger charge is -2.33. The van der Waals surface area contributed by atoms with Crippen LogP contribution in [0, 0.1) is 17.7 Å². The molecule has 1 saturated carbocycles. The van der Waals surface area contributed by atoms with Gasteiger partial charge >= 0.3 is 6.09 Å². The van der Waals surface area contributed by atoms with E-state index in [9.17, 15) is 9.59 Å². The Morgan fingerprint density at radius 3 is 2.45 bits per heavy atom. The summed E-state index contributed by atoms with van der Waals surface area (Å²) >= 11 is 6.23. The first kappa shape index (κ1) is 21.6. The number of likely N-dealkylation sites (tertiary alicyclic amines) is 1. The normalized spacial score (nSPS) is 22.5. The van der Waals surface area contributed by atoms with Crippen molar-refractivity contribution in [2.45, 2.75) is 45.3 Å². The Morgan fingerprint density at radius 1 is 1.10 bits per heavy atom. The minimum absolute atomic E-state index is 0.0642. The zero-order chi connectivity index (χ0) is 22.3. The van der Waals surface area contributed by atoms with Crippen LogP contribution in [0.5, 0.6) is 0 Å². The number of carbonyl (C=O) groups excluding carboxylic acids is 2.